The summed E-state index contributed by atoms with van der Waals surface area (Å²) in [6, 6.07) is 14.2. The molecule has 8 heteroatoms. The summed E-state index contributed by atoms with van der Waals surface area (Å²) in [5.74, 6) is -1.93. The fourth-order valence-electron chi connectivity index (χ4n) is 2.84. The van der Waals surface area contributed by atoms with E-state index in [0.29, 0.717) is 12.0 Å². The van der Waals surface area contributed by atoms with Crippen LogP contribution in [0.15, 0.2) is 54.6 Å². The molecule has 2 aromatic rings. The number of amides is 2. The molecule has 2 aromatic carbocycles. The van der Waals surface area contributed by atoms with Crippen molar-refractivity contribution in [2.75, 3.05) is 12.3 Å². The van der Waals surface area contributed by atoms with Crippen LogP contribution in [-0.4, -0.2) is 37.1 Å². The maximum Gasteiger partial charge on any atom is 0.266 e. The average Bonchev–Trinajstić information content (AvgIpc) is 2.66. The molecule has 154 valence electrons. The zero-order chi connectivity index (χ0) is 21.4. The standard InChI is InChI=1S/C21H24N2O5S/c1-2-3-15-4-8-17(9-5-15)19(20(22)24)14-16-6-10-18(11-7-16)21(25)23-12-13-29(26,27)28/h2-11,19H,12-14H2,1H3,(H2,22,24)(H,23,25)(H,26,27,28). The fourth-order valence-corrected chi connectivity index (χ4v) is 3.20. The minimum absolute atomic E-state index is 0.188. The summed E-state index contributed by atoms with van der Waals surface area (Å²) in [5.41, 5.74) is 8.62. The number of benzene rings is 2. The molecule has 1 atom stereocenters. The van der Waals surface area contributed by atoms with Gasteiger partial charge in [-0.15, -0.1) is 0 Å². The first-order chi connectivity index (χ1) is 13.7. The van der Waals surface area contributed by atoms with Gasteiger partial charge in [-0.05, 0) is 42.2 Å². The Hall–Kier alpha value is -2.97. The lowest BCUT2D eigenvalue weighted by atomic mass is 9.90. The average molecular weight is 416 g/mol. The van der Waals surface area contributed by atoms with Crippen molar-refractivity contribution in [3.8, 4) is 0 Å². The number of hydrogen-bond acceptors (Lipinski definition) is 4. The van der Waals surface area contributed by atoms with E-state index in [4.69, 9.17) is 10.3 Å². The molecule has 0 bridgehead atoms. The van der Waals surface area contributed by atoms with Crippen molar-refractivity contribution in [3.63, 3.8) is 0 Å². The topological polar surface area (TPSA) is 127 Å². The number of rotatable bonds is 9. The summed E-state index contributed by atoms with van der Waals surface area (Å²) in [6.45, 7) is 1.74. The monoisotopic (exact) mass is 416 g/mol. The highest BCUT2D eigenvalue weighted by atomic mass is 32.2. The van der Waals surface area contributed by atoms with E-state index in [1.54, 1.807) is 24.3 Å². The van der Waals surface area contributed by atoms with Gasteiger partial charge in [0.1, 0.15) is 0 Å². The van der Waals surface area contributed by atoms with Crippen molar-refractivity contribution in [2.24, 2.45) is 5.73 Å². The van der Waals surface area contributed by atoms with Crippen molar-refractivity contribution in [2.45, 2.75) is 19.3 Å². The molecule has 0 radical (unpaired) electrons. The molecule has 2 rings (SSSR count). The maximum absolute atomic E-state index is 12.0. The van der Waals surface area contributed by atoms with Crippen LogP contribution in [0.5, 0.6) is 0 Å². The first-order valence-corrected chi connectivity index (χ1v) is 10.6. The molecule has 0 saturated carbocycles. The van der Waals surface area contributed by atoms with E-state index < -0.39 is 33.6 Å². The highest BCUT2D eigenvalue weighted by Gasteiger charge is 2.18. The number of primary amides is 1. The zero-order valence-corrected chi connectivity index (χ0v) is 16.9. The van der Waals surface area contributed by atoms with Crippen molar-refractivity contribution in [3.05, 3.63) is 76.9 Å². The molecule has 0 fully saturated rings. The van der Waals surface area contributed by atoms with Gasteiger partial charge in [-0.3, -0.25) is 14.1 Å². The normalized spacial score (nSPS) is 12.6. The Kier molecular flexibility index (Phi) is 7.69. The van der Waals surface area contributed by atoms with E-state index in [1.807, 2.05) is 43.3 Å². The van der Waals surface area contributed by atoms with Crippen molar-refractivity contribution >= 4 is 28.0 Å². The lowest BCUT2D eigenvalue weighted by Gasteiger charge is -2.14. The molecule has 29 heavy (non-hydrogen) atoms. The van der Waals surface area contributed by atoms with E-state index >= 15 is 0 Å². The number of nitrogens with one attached hydrogen (secondary N) is 1. The summed E-state index contributed by atoms with van der Waals surface area (Å²) in [5, 5.41) is 2.42. The van der Waals surface area contributed by atoms with E-state index in [0.717, 1.165) is 16.7 Å². The Labute approximate surface area is 170 Å². The number of carbonyl (C=O) groups excluding carboxylic acids is 2. The Morgan fingerprint density at radius 2 is 1.72 bits per heavy atom. The second-order valence-corrected chi connectivity index (χ2v) is 8.14. The van der Waals surface area contributed by atoms with Crippen LogP contribution in [0.3, 0.4) is 0 Å². The third-order valence-corrected chi connectivity index (χ3v) is 5.06. The minimum Gasteiger partial charge on any atom is -0.369 e. The molecule has 0 spiro atoms. The second kappa shape index (κ2) is 9.99. The van der Waals surface area contributed by atoms with Crippen LogP contribution >= 0.6 is 0 Å². The number of carbonyl (C=O) groups is 2. The SMILES string of the molecule is CC=Cc1ccc(C(Cc2ccc(C(=O)NCCS(=O)(=O)O)cc2)C(N)=O)cc1. The van der Waals surface area contributed by atoms with Gasteiger partial charge in [0.25, 0.3) is 16.0 Å². The van der Waals surface area contributed by atoms with Gasteiger partial charge in [0, 0.05) is 12.1 Å². The molecule has 7 nitrogen and oxygen atoms in total. The van der Waals surface area contributed by atoms with Gasteiger partial charge in [0.2, 0.25) is 5.91 Å². The minimum atomic E-state index is -4.13. The summed E-state index contributed by atoms with van der Waals surface area (Å²) in [7, 11) is -4.13. The summed E-state index contributed by atoms with van der Waals surface area (Å²) in [4.78, 5) is 24.0. The molecular weight excluding hydrogens is 392 g/mol. The van der Waals surface area contributed by atoms with Gasteiger partial charge in [-0.25, -0.2) is 0 Å². The highest BCUT2D eigenvalue weighted by molar-refractivity contribution is 7.85. The van der Waals surface area contributed by atoms with Crippen molar-refractivity contribution < 1.29 is 22.6 Å². The van der Waals surface area contributed by atoms with Gasteiger partial charge in [-0.1, -0.05) is 48.6 Å². The van der Waals surface area contributed by atoms with Crippen molar-refractivity contribution in [1.82, 2.24) is 5.32 Å². The van der Waals surface area contributed by atoms with Crippen LogP contribution in [0.4, 0.5) is 0 Å². The van der Waals surface area contributed by atoms with Crippen LogP contribution in [0.25, 0.3) is 6.08 Å². The predicted octanol–water partition coefficient (Wildman–Crippen LogP) is 2.15. The molecule has 0 saturated heterocycles. The third-order valence-electron chi connectivity index (χ3n) is 4.34. The molecule has 0 aliphatic carbocycles. The maximum atomic E-state index is 12.0. The Morgan fingerprint density at radius 1 is 1.10 bits per heavy atom. The molecular formula is C21H24N2O5S. The molecule has 0 aliphatic heterocycles. The third kappa shape index (κ3) is 7.17. The van der Waals surface area contributed by atoms with E-state index in [1.165, 1.54) is 0 Å². The predicted molar refractivity (Wildman–Crippen MR) is 112 cm³/mol. The molecule has 0 aliphatic rings. The van der Waals surface area contributed by atoms with Gasteiger partial charge in [0.05, 0.1) is 11.7 Å². The molecule has 4 N–H and O–H groups in total. The smallest absolute Gasteiger partial charge is 0.266 e. The molecule has 0 aromatic heterocycles. The number of hydrogen-bond donors (Lipinski definition) is 3. The molecule has 2 amide bonds. The summed E-state index contributed by atoms with van der Waals surface area (Å²) in [6.07, 6.45) is 4.28. The van der Waals surface area contributed by atoms with Crippen LogP contribution in [0, 0.1) is 0 Å². The number of allylic oxidation sites excluding steroid dienone is 1. The summed E-state index contributed by atoms with van der Waals surface area (Å²) < 4.78 is 30.0. The quantitative estimate of drug-likeness (QED) is 0.540. The molecule has 1 unspecified atom stereocenters. The lowest BCUT2D eigenvalue weighted by molar-refractivity contribution is -0.119. The molecule has 0 heterocycles. The number of nitrogens with two attached hydrogens (primary N) is 1. The van der Waals surface area contributed by atoms with Gasteiger partial charge < -0.3 is 11.1 Å². The second-order valence-electron chi connectivity index (χ2n) is 6.56. The van der Waals surface area contributed by atoms with E-state index in [2.05, 4.69) is 5.32 Å². The van der Waals surface area contributed by atoms with Crippen molar-refractivity contribution in [1.29, 1.82) is 0 Å². The Balaban J connectivity index is 2.05. The first-order valence-electron chi connectivity index (χ1n) is 9.04. The Morgan fingerprint density at radius 3 is 2.24 bits per heavy atom. The lowest BCUT2D eigenvalue weighted by Crippen LogP contribution is -2.28. The van der Waals surface area contributed by atoms with Crippen LogP contribution in [0.1, 0.15) is 39.9 Å². The van der Waals surface area contributed by atoms with Crippen LogP contribution < -0.4 is 11.1 Å². The first kappa shape index (κ1) is 22.3. The van der Waals surface area contributed by atoms with Crippen LogP contribution in [-0.2, 0) is 21.3 Å². The zero-order valence-electron chi connectivity index (χ0n) is 16.0. The summed E-state index contributed by atoms with van der Waals surface area (Å²) >= 11 is 0. The van der Waals surface area contributed by atoms with Crippen LogP contribution in [0.2, 0.25) is 0 Å². The van der Waals surface area contributed by atoms with Gasteiger partial charge in [-0.2, -0.15) is 8.42 Å². The Bertz CT molecular complexity index is 981. The largest absolute Gasteiger partial charge is 0.369 e. The fraction of sp³-hybridized carbons (Fsp3) is 0.238. The van der Waals surface area contributed by atoms with Gasteiger partial charge in [0.15, 0.2) is 0 Å². The van der Waals surface area contributed by atoms with E-state index in [-0.39, 0.29) is 6.54 Å². The highest BCUT2D eigenvalue weighted by Crippen LogP contribution is 2.22. The van der Waals surface area contributed by atoms with E-state index in [9.17, 15) is 18.0 Å². The van der Waals surface area contributed by atoms with Gasteiger partial charge >= 0.3 is 0 Å².